The lowest BCUT2D eigenvalue weighted by molar-refractivity contribution is -0.131. The molecule has 1 amide bonds. The van der Waals surface area contributed by atoms with E-state index >= 15 is 0 Å². The van der Waals surface area contributed by atoms with Gasteiger partial charge in [-0.3, -0.25) is 9.80 Å². The molecule has 0 saturated heterocycles. The van der Waals surface area contributed by atoms with Gasteiger partial charge >= 0.3 is 0 Å². The number of methoxy groups -OCH3 is 1. The molecule has 1 rings (SSSR count). The fraction of sp³-hybridized carbons (Fsp3) is 0.500. The van der Waals surface area contributed by atoms with E-state index in [1.807, 2.05) is 18.2 Å². The standard InChI is InChI=1S/C14H23N3O2/c1-9(2)10-5-6-11(13(8-10)19-4)7-12(15)14(18)17(3)16/h5-6,8-9,12H,7,15-16H2,1-4H3. The van der Waals surface area contributed by atoms with Crippen molar-refractivity contribution < 1.29 is 9.53 Å². The first-order chi connectivity index (χ1) is 8.86. The molecule has 0 fully saturated rings. The second-order valence-corrected chi connectivity index (χ2v) is 4.99. The molecule has 0 heterocycles. The summed E-state index contributed by atoms with van der Waals surface area (Å²) in [5.74, 6) is 6.28. The SMILES string of the molecule is COc1cc(C(C)C)ccc1CC(N)C(=O)N(C)N. The Kier molecular flexibility index (Phi) is 5.32. The van der Waals surface area contributed by atoms with Crippen LogP contribution in [0.1, 0.15) is 30.9 Å². The molecule has 1 unspecified atom stereocenters. The van der Waals surface area contributed by atoms with Gasteiger partial charge in [0.05, 0.1) is 13.2 Å². The van der Waals surface area contributed by atoms with Gasteiger partial charge in [-0.05, 0) is 23.1 Å². The normalized spacial score (nSPS) is 12.4. The highest BCUT2D eigenvalue weighted by Gasteiger charge is 2.18. The summed E-state index contributed by atoms with van der Waals surface area (Å²) in [5.41, 5.74) is 7.95. The number of carbonyl (C=O) groups is 1. The predicted octanol–water partition coefficient (Wildman–Crippen LogP) is 1.02. The van der Waals surface area contributed by atoms with E-state index in [4.69, 9.17) is 16.3 Å². The highest BCUT2D eigenvalue weighted by atomic mass is 16.5. The molecule has 0 radical (unpaired) electrons. The second-order valence-electron chi connectivity index (χ2n) is 4.99. The number of hydrazine groups is 1. The zero-order valence-electron chi connectivity index (χ0n) is 12.0. The van der Waals surface area contributed by atoms with Gasteiger partial charge in [-0.15, -0.1) is 0 Å². The van der Waals surface area contributed by atoms with E-state index in [-0.39, 0.29) is 5.91 Å². The molecule has 0 aromatic heterocycles. The fourth-order valence-electron chi connectivity index (χ4n) is 1.87. The molecule has 1 atom stereocenters. The van der Waals surface area contributed by atoms with Crippen LogP contribution in [0.2, 0.25) is 0 Å². The third kappa shape index (κ3) is 3.94. The van der Waals surface area contributed by atoms with E-state index in [1.54, 1.807) is 7.11 Å². The van der Waals surface area contributed by atoms with Crippen molar-refractivity contribution in [3.8, 4) is 5.75 Å². The van der Waals surface area contributed by atoms with Gasteiger partial charge in [0.2, 0.25) is 0 Å². The Morgan fingerprint density at radius 2 is 2.05 bits per heavy atom. The van der Waals surface area contributed by atoms with Crippen molar-refractivity contribution >= 4 is 5.91 Å². The third-order valence-corrected chi connectivity index (χ3v) is 3.08. The van der Waals surface area contributed by atoms with Gasteiger partial charge in [0.1, 0.15) is 5.75 Å². The third-order valence-electron chi connectivity index (χ3n) is 3.08. The largest absolute Gasteiger partial charge is 0.496 e. The molecular formula is C14H23N3O2. The molecule has 1 aromatic rings. The first kappa shape index (κ1) is 15.5. The lowest BCUT2D eigenvalue weighted by atomic mass is 9.98. The molecule has 0 aliphatic rings. The van der Waals surface area contributed by atoms with E-state index in [0.717, 1.165) is 16.3 Å². The summed E-state index contributed by atoms with van der Waals surface area (Å²) in [6, 6.07) is 5.32. The molecule has 5 heteroatoms. The van der Waals surface area contributed by atoms with Crippen molar-refractivity contribution in [3.05, 3.63) is 29.3 Å². The first-order valence-corrected chi connectivity index (χ1v) is 6.31. The number of rotatable bonds is 5. The summed E-state index contributed by atoms with van der Waals surface area (Å²) in [7, 11) is 3.10. The number of carbonyl (C=O) groups excluding carboxylic acids is 1. The van der Waals surface area contributed by atoms with Crippen molar-refractivity contribution in [1.82, 2.24) is 5.01 Å². The number of likely N-dealkylation sites (N-methyl/N-ethyl adjacent to an activating group) is 1. The Hall–Kier alpha value is -1.59. The van der Waals surface area contributed by atoms with Crippen LogP contribution in [0, 0.1) is 0 Å². The monoisotopic (exact) mass is 265 g/mol. The van der Waals surface area contributed by atoms with Gasteiger partial charge < -0.3 is 10.5 Å². The predicted molar refractivity (Wildman–Crippen MR) is 75.7 cm³/mol. The summed E-state index contributed by atoms with van der Waals surface area (Å²) in [4.78, 5) is 11.7. The van der Waals surface area contributed by atoms with E-state index < -0.39 is 6.04 Å². The molecule has 4 N–H and O–H groups in total. The Bertz CT molecular complexity index is 444. The number of ether oxygens (including phenoxy) is 1. The van der Waals surface area contributed by atoms with Crippen LogP contribution in [-0.2, 0) is 11.2 Å². The Morgan fingerprint density at radius 1 is 1.42 bits per heavy atom. The fourth-order valence-corrected chi connectivity index (χ4v) is 1.87. The number of hydrogen-bond donors (Lipinski definition) is 2. The van der Waals surface area contributed by atoms with Crippen molar-refractivity contribution in [3.63, 3.8) is 0 Å². The number of nitrogens with two attached hydrogens (primary N) is 2. The minimum atomic E-state index is -0.659. The van der Waals surface area contributed by atoms with E-state index in [2.05, 4.69) is 13.8 Å². The smallest absolute Gasteiger partial charge is 0.253 e. The minimum absolute atomic E-state index is 0.296. The van der Waals surface area contributed by atoms with Gasteiger partial charge in [-0.2, -0.15) is 0 Å². The molecule has 0 aliphatic heterocycles. The van der Waals surface area contributed by atoms with E-state index in [9.17, 15) is 4.79 Å². The van der Waals surface area contributed by atoms with E-state index in [0.29, 0.717) is 12.3 Å². The lowest BCUT2D eigenvalue weighted by Gasteiger charge is -2.18. The van der Waals surface area contributed by atoms with Crippen LogP contribution in [0.4, 0.5) is 0 Å². The molecule has 0 aliphatic carbocycles. The number of hydrogen-bond acceptors (Lipinski definition) is 4. The van der Waals surface area contributed by atoms with Gasteiger partial charge in [0, 0.05) is 13.5 Å². The molecule has 1 aromatic carbocycles. The van der Waals surface area contributed by atoms with Crippen molar-refractivity contribution in [2.24, 2.45) is 11.6 Å². The Morgan fingerprint density at radius 3 is 2.53 bits per heavy atom. The van der Waals surface area contributed by atoms with Crippen LogP contribution in [0.5, 0.6) is 5.75 Å². The van der Waals surface area contributed by atoms with E-state index in [1.165, 1.54) is 12.6 Å². The second kappa shape index (κ2) is 6.54. The molecule has 106 valence electrons. The molecule has 19 heavy (non-hydrogen) atoms. The van der Waals surface area contributed by atoms with Gasteiger partial charge in [0.15, 0.2) is 0 Å². The van der Waals surface area contributed by atoms with Crippen LogP contribution in [-0.4, -0.2) is 31.1 Å². The quantitative estimate of drug-likeness (QED) is 0.473. The highest BCUT2D eigenvalue weighted by molar-refractivity contribution is 5.81. The zero-order chi connectivity index (χ0) is 14.6. The number of nitrogens with zero attached hydrogens (tertiary/aromatic N) is 1. The molecule has 5 nitrogen and oxygen atoms in total. The molecular weight excluding hydrogens is 242 g/mol. The van der Waals surface area contributed by atoms with Crippen LogP contribution < -0.4 is 16.3 Å². The van der Waals surface area contributed by atoms with Crippen LogP contribution in [0.15, 0.2) is 18.2 Å². The van der Waals surface area contributed by atoms with Gasteiger partial charge in [-0.1, -0.05) is 26.0 Å². The molecule has 0 bridgehead atoms. The summed E-state index contributed by atoms with van der Waals surface area (Å²) in [6.45, 7) is 4.24. The van der Waals surface area contributed by atoms with Crippen LogP contribution in [0.25, 0.3) is 0 Å². The molecule has 0 saturated carbocycles. The van der Waals surface area contributed by atoms with Gasteiger partial charge in [-0.25, -0.2) is 5.84 Å². The number of amides is 1. The maximum absolute atomic E-state index is 11.7. The average molecular weight is 265 g/mol. The van der Waals surface area contributed by atoms with Crippen molar-refractivity contribution in [2.45, 2.75) is 32.2 Å². The van der Waals surface area contributed by atoms with Crippen molar-refractivity contribution in [1.29, 1.82) is 0 Å². The lowest BCUT2D eigenvalue weighted by Crippen LogP contribution is -2.46. The average Bonchev–Trinajstić information content (AvgIpc) is 2.37. The summed E-state index contributed by atoms with van der Waals surface area (Å²) in [6.07, 6.45) is 0.405. The maximum atomic E-state index is 11.7. The summed E-state index contributed by atoms with van der Waals surface area (Å²) < 4.78 is 5.37. The number of benzene rings is 1. The topological polar surface area (TPSA) is 81.6 Å². The zero-order valence-corrected chi connectivity index (χ0v) is 12.0. The first-order valence-electron chi connectivity index (χ1n) is 6.31. The van der Waals surface area contributed by atoms with Crippen molar-refractivity contribution in [2.75, 3.05) is 14.2 Å². The summed E-state index contributed by atoms with van der Waals surface area (Å²) in [5, 5.41) is 1.01. The van der Waals surface area contributed by atoms with Gasteiger partial charge in [0.25, 0.3) is 5.91 Å². The van der Waals surface area contributed by atoms with Crippen LogP contribution >= 0.6 is 0 Å². The maximum Gasteiger partial charge on any atom is 0.253 e. The van der Waals surface area contributed by atoms with Crippen LogP contribution in [0.3, 0.4) is 0 Å². The Balaban J connectivity index is 2.92. The molecule has 0 spiro atoms. The highest BCUT2D eigenvalue weighted by Crippen LogP contribution is 2.25. The Labute approximate surface area is 114 Å². The summed E-state index contributed by atoms with van der Waals surface area (Å²) >= 11 is 0. The minimum Gasteiger partial charge on any atom is -0.496 e.